The van der Waals surface area contributed by atoms with Crippen molar-refractivity contribution < 1.29 is 38.2 Å². The molecule has 3 atom stereocenters. The van der Waals surface area contributed by atoms with Crippen molar-refractivity contribution >= 4 is 129 Å². The maximum atomic E-state index is 13.5. The summed E-state index contributed by atoms with van der Waals surface area (Å²) < 4.78 is 20.0. The molecule has 0 bridgehead atoms. The van der Waals surface area contributed by atoms with E-state index in [-0.39, 0.29) is 121 Å². The zero-order valence-electron chi connectivity index (χ0n) is 41.6. The van der Waals surface area contributed by atoms with Gasteiger partial charge in [0.2, 0.25) is 51.8 Å². The molecule has 3 saturated heterocycles. The van der Waals surface area contributed by atoms with Crippen LogP contribution in [0.2, 0.25) is 10.6 Å². The summed E-state index contributed by atoms with van der Waals surface area (Å²) in [7, 11) is 0. The molecule has 5 aliphatic rings. The van der Waals surface area contributed by atoms with Gasteiger partial charge in [-0.25, -0.2) is 29.9 Å². The van der Waals surface area contributed by atoms with Crippen LogP contribution in [0.25, 0.3) is 42.2 Å². The molecule has 0 aliphatic carbocycles. The van der Waals surface area contributed by atoms with Crippen molar-refractivity contribution in [3.63, 3.8) is 0 Å². The number of hydrogen-bond donors (Lipinski definition) is 4. The molecule has 0 saturated carbocycles. The lowest BCUT2D eigenvalue weighted by atomic mass is 9.79. The van der Waals surface area contributed by atoms with Crippen LogP contribution in [-0.4, -0.2) is 149 Å². The van der Waals surface area contributed by atoms with E-state index >= 15 is 0 Å². The first-order chi connectivity index (χ1) is 37.7. The molecule has 6 aromatic heterocycles. The van der Waals surface area contributed by atoms with Crippen LogP contribution in [0.4, 0.5) is 11.4 Å². The van der Waals surface area contributed by atoms with Crippen molar-refractivity contribution in [2.24, 2.45) is 11.3 Å². The highest BCUT2D eigenvalue weighted by Crippen LogP contribution is 2.44. The number of nitrogens with zero attached hydrogens (tertiary/aromatic N) is 11. The normalized spacial score (nSPS) is 19.8. The first-order valence-electron chi connectivity index (χ1n) is 25.0. The van der Waals surface area contributed by atoms with Gasteiger partial charge in [-0.05, 0) is 61.3 Å². The lowest BCUT2D eigenvalue weighted by molar-refractivity contribution is -0.148. The molecule has 11 heterocycles. The van der Waals surface area contributed by atoms with E-state index in [4.69, 9.17) is 57.3 Å². The number of amides is 5. The first-order valence-corrected chi connectivity index (χ1v) is 27.4. The molecular formula is C51H45Cl2N15O8S2. The Labute approximate surface area is 460 Å². The number of likely N-dealkylation sites (tertiary alicyclic amines) is 3. The Morgan fingerprint density at radius 3 is 1.78 bits per heavy atom. The summed E-state index contributed by atoms with van der Waals surface area (Å²) >= 11 is 15.3. The van der Waals surface area contributed by atoms with E-state index < -0.39 is 5.41 Å². The van der Waals surface area contributed by atoms with Gasteiger partial charge in [-0.15, -0.1) is 22.7 Å². The van der Waals surface area contributed by atoms with Crippen molar-refractivity contribution in [2.75, 3.05) is 63.1 Å². The predicted octanol–water partition coefficient (Wildman–Crippen LogP) is 6.19. The molecule has 78 heavy (non-hydrogen) atoms. The minimum atomic E-state index is -0.426. The van der Waals surface area contributed by atoms with Crippen LogP contribution in [0, 0.1) is 11.3 Å². The van der Waals surface area contributed by atoms with Gasteiger partial charge in [0.05, 0.1) is 76.7 Å². The van der Waals surface area contributed by atoms with Gasteiger partial charge in [-0.3, -0.25) is 24.0 Å². The van der Waals surface area contributed by atoms with Gasteiger partial charge in [0.1, 0.15) is 16.4 Å². The second-order valence-corrected chi connectivity index (χ2v) is 23.1. The van der Waals surface area contributed by atoms with Crippen LogP contribution in [-0.2, 0) is 32.2 Å². The monoisotopic (exact) mass is 1130 g/mol. The van der Waals surface area contributed by atoms with Gasteiger partial charge >= 0.3 is 0 Å². The third kappa shape index (κ3) is 9.31. The van der Waals surface area contributed by atoms with Crippen molar-refractivity contribution in [1.29, 1.82) is 0 Å². The van der Waals surface area contributed by atoms with Crippen molar-refractivity contribution in [3.05, 3.63) is 80.5 Å². The highest BCUT2D eigenvalue weighted by molar-refractivity contribution is 7.22. The highest BCUT2D eigenvalue weighted by Gasteiger charge is 2.52. The Bertz CT molecular complexity index is 3860. The number of halogens is 2. The molecule has 0 radical (unpaired) electrons. The van der Waals surface area contributed by atoms with E-state index in [1.165, 1.54) is 47.5 Å². The number of carbonyl (C=O) groups excluding carboxylic acids is 5. The van der Waals surface area contributed by atoms with Crippen LogP contribution in [0.1, 0.15) is 57.2 Å². The van der Waals surface area contributed by atoms with Gasteiger partial charge in [0.15, 0.2) is 0 Å². The van der Waals surface area contributed by atoms with Crippen LogP contribution < -0.4 is 30.7 Å². The standard InChI is InChI=1S/C51H45Cl2N15O8S2/c1-23-9-54-41-37-30(77-43(41)45(72)60-23)5-3-28-39(37)56-13-32(62-28)75-47-26(11-58-49(52)64-47)16-66-15-25(7-34(66)69)18-74-19-36(71)68-21-51(22-68)8-35(70)67(20-51)17-27-12-59-50(53)65-48(27)76-33-14-57-40-29(63-33)4-6-31-38(40)42-44(78-31)46(73)61-24(2)10-55-42/h3-6,11-14,23-25,54-55H,7-10,15-22H2,1-2H3,(H,60,72)(H,61,73)/t23-,24-,25?/m1/s1. The summed E-state index contributed by atoms with van der Waals surface area (Å²) in [5.74, 6) is -0.307. The van der Waals surface area contributed by atoms with E-state index in [0.717, 1.165) is 31.5 Å². The molecule has 5 aliphatic heterocycles. The second kappa shape index (κ2) is 19.6. The number of anilines is 2. The number of nitrogens with one attached hydrogen (secondary N) is 4. The number of aromatic nitrogens is 8. The van der Waals surface area contributed by atoms with E-state index in [2.05, 4.69) is 41.2 Å². The molecule has 1 spiro atoms. The Kier molecular flexibility index (Phi) is 12.5. The number of ether oxygens (including phenoxy) is 3. The van der Waals surface area contributed by atoms with E-state index in [9.17, 15) is 24.0 Å². The fraction of sp³-hybridized carbons (Fsp3) is 0.353. The van der Waals surface area contributed by atoms with E-state index in [1.54, 1.807) is 14.7 Å². The van der Waals surface area contributed by atoms with Crippen molar-refractivity contribution in [3.8, 4) is 23.5 Å². The van der Waals surface area contributed by atoms with E-state index in [0.29, 0.717) is 82.2 Å². The second-order valence-electron chi connectivity index (χ2n) is 20.3. The largest absolute Gasteiger partial charge is 0.418 e. The molecule has 2 aromatic carbocycles. The van der Waals surface area contributed by atoms with Crippen LogP contribution in [0.5, 0.6) is 23.5 Å². The smallest absolute Gasteiger partial charge is 0.263 e. The summed E-state index contributed by atoms with van der Waals surface area (Å²) in [6, 6.07) is 7.36. The lowest BCUT2D eigenvalue weighted by Gasteiger charge is -2.47. The molecule has 27 heteroatoms. The minimum Gasteiger partial charge on any atom is -0.418 e. The van der Waals surface area contributed by atoms with Crippen LogP contribution in [0.3, 0.4) is 0 Å². The fourth-order valence-corrected chi connectivity index (χ4v) is 13.2. The van der Waals surface area contributed by atoms with E-state index in [1.807, 2.05) is 38.1 Å². The third-order valence-electron chi connectivity index (χ3n) is 14.4. The van der Waals surface area contributed by atoms with Gasteiger partial charge in [-0.1, -0.05) is 0 Å². The maximum Gasteiger partial charge on any atom is 0.263 e. The molecule has 13 rings (SSSR count). The quantitative estimate of drug-likeness (QED) is 0.0993. The summed E-state index contributed by atoms with van der Waals surface area (Å²) in [6.45, 7) is 6.81. The molecule has 1 unspecified atom stereocenters. The molecule has 4 N–H and O–H groups in total. The summed E-state index contributed by atoms with van der Waals surface area (Å²) in [4.78, 5) is 108. The number of fused-ring (bicyclic) bond motifs is 10. The molecule has 8 aromatic rings. The van der Waals surface area contributed by atoms with Gasteiger partial charge in [0.25, 0.3) is 11.8 Å². The van der Waals surface area contributed by atoms with Crippen LogP contribution >= 0.6 is 45.9 Å². The topological polar surface area (TPSA) is 274 Å². The molecule has 23 nitrogen and oxygen atoms in total. The summed E-state index contributed by atoms with van der Waals surface area (Å²) in [5, 5.41) is 14.3. The van der Waals surface area contributed by atoms with Crippen LogP contribution in [0.15, 0.2) is 49.1 Å². The Hall–Kier alpha value is -7.71. The fourth-order valence-electron chi connectivity index (χ4n) is 10.8. The molecule has 398 valence electrons. The number of carbonyl (C=O) groups is 5. The zero-order valence-corrected chi connectivity index (χ0v) is 44.7. The third-order valence-corrected chi connectivity index (χ3v) is 17.1. The number of benzene rings is 2. The average molecular weight is 1130 g/mol. The Morgan fingerprint density at radius 2 is 1.23 bits per heavy atom. The summed E-state index contributed by atoms with van der Waals surface area (Å²) in [6.07, 6.45) is 6.46. The number of hydrogen-bond acceptors (Lipinski definition) is 20. The van der Waals surface area contributed by atoms with Crippen molar-refractivity contribution in [1.82, 2.24) is 65.2 Å². The predicted molar refractivity (Wildman–Crippen MR) is 288 cm³/mol. The number of thiophene rings is 2. The summed E-state index contributed by atoms with van der Waals surface area (Å²) in [5.41, 5.74) is 4.35. The average Bonchev–Trinajstić information content (AvgIpc) is 4.28. The van der Waals surface area contributed by atoms with Crippen molar-refractivity contribution in [2.45, 2.75) is 51.9 Å². The Morgan fingerprint density at radius 1 is 0.692 bits per heavy atom. The molecule has 3 fully saturated rings. The minimum absolute atomic E-state index is 0.0427. The van der Waals surface area contributed by atoms with Gasteiger partial charge in [-0.2, -0.15) is 9.97 Å². The van der Waals surface area contributed by atoms with Gasteiger partial charge in [0, 0.05) is 108 Å². The van der Waals surface area contributed by atoms with Gasteiger partial charge < -0.3 is 50.2 Å². The SMILES string of the molecule is C[C@@H]1CNc2c(sc3ccc4nc(Oc5nc(Cl)ncc5CN5CC(COCC(=O)N6CC7(CC(=O)N(Cc8cnc(Cl)nc8Oc8cnc9c(ccc%10sc%11c(c%109)NC[C@@H](C)NC%11=O)n8)C7)C6)CC5=O)cnc4c23)C(=O)N1. The number of rotatable bonds is 12. The zero-order chi connectivity index (χ0) is 53.6. The molecule has 5 amide bonds. The first kappa shape index (κ1) is 49.8. The molecular weight excluding hydrogens is 1090 g/mol. The maximum absolute atomic E-state index is 13.5. The highest BCUT2D eigenvalue weighted by atomic mass is 35.5. The lowest BCUT2D eigenvalue weighted by Crippen LogP contribution is -2.60. The Balaban J connectivity index is 0.601.